The number of fused-ring (bicyclic) bond motifs is 1. The number of piperidine rings is 1. The summed E-state index contributed by atoms with van der Waals surface area (Å²) < 4.78 is 25.0. The average Bonchev–Trinajstić information content (AvgIpc) is 2.80. The zero-order valence-electron chi connectivity index (χ0n) is 17.8. The predicted octanol–water partition coefficient (Wildman–Crippen LogP) is 3.96. The first-order chi connectivity index (χ1) is 15.4. The van der Waals surface area contributed by atoms with Crippen LogP contribution in [0.1, 0.15) is 35.7 Å². The minimum Gasteiger partial charge on any atom is -0.466 e. The maximum Gasteiger partial charge on any atom is 0.349 e. The highest BCUT2D eigenvalue weighted by atomic mass is 19.1. The van der Waals surface area contributed by atoms with Crippen molar-refractivity contribution in [1.29, 1.82) is 0 Å². The van der Waals surface area contributed by atoms with Crippen LogP contribution in [0.2, 0.25) is 0 Å². The molecule has 32 heavy (non-hydrogen) atoms. The first-order valence-corrected chi connectivity index (χ1v) is 10.7. The second-order valence-electron chi connectivity index (χ2n) is 8.08. The van der Waals surface area contributed by atoms with Crippen molar-refractivity contribution < 1.29 is 23.1 Å². The van der Waals surface area contributed by atoms with Crippen molar-refractivity contribution in [3.05, 3.63) is 82.0 Å². The average molecular weight is 437 g/mol. The van der Waals surface area contributed by atoms with Gasteiger partial charge in [-0.2, -0.15) is 0 Å². The van der Waals surface area contributed by atoms with Gasteiger partial charge in [-0.15, -0.1) is 0 Å². The van der Waals surface area contributed by atoms with E-state index in [0.29, 0.717) is 35.9 Å². The Labute approximate surface area is 184 Å². The molecule has 0 aliphatic carbocycles. The normalized spacial score (nSPS) is 18.5. The maximum absolute atomic E-state index is 14.4. The Hall–Kier alpha value is -3.48. The monoisotopic (exact) mass is 437 g/mol. The Kier molecular flexibility index (Phi) is 6.08. The van der Waals surface area contributed by atoms with Crippen LogP contribution in [0.5, 0.6) is 0 Å². The molecule has 3 aromatic rings. The lowest BCUT2D eigenvalue weighted by atomic mass is 9.74. The minimum absolute atomic E-state index is 0.0330. The number of para-hydroxylation sites is 1. The van der Waals surface area contributed by atoms with Gasteiger partial charge in [0.1, 0.15) is 17.0 Å². The number of halogens is 1. The molecule has 0 bridgehead atoms. The lowest BCUT2D eigenvalue weighted by Crippen LogP contribution is -2.52. The van der Waals surface area contributed by atoms with Crippen molar-refractivity contribution in [3.8, 4) is 0 Å². The molecule has 166 valence electrons. The molecule has 0 spiro atoms. The summed E-state index contributed by atoms with van der Waals surface area (Å²) in [5.74, 6) is -1.38. The molecule has 7 heteroatoms. The molecule has 2 aromatic carbocycles. The number of carbonyl (C=O) groups excluding carboxylic acids is 2. The number of hydrogen-bond donors (Lipinski definition) is 0. The fourth-order valence-electron chi connectivity index (χ4n) is 4.36. The van der Waals surface area contributed by atoms with Gasteiger partial charge in [-0.1, -0.05) is 36.4 Å². The summed E-state index contributed by atoms with van der Waals surface area (Å²) in [7, 11) is 0. The standard InChI is InChI=1S/C25H24FNO5/c1-2-31-24(30)25(15-18-9-3-5-10-20(18)26)12-7-13-27(16-25)22(28)19-14-17-8-4-6-11-21(17)32-23(19)29/h3-6,8-11,14H,2,7,12-13,15-16H2,1H3/t25-/m1/s1. The lowest BCUT2D eigenvalue weighted by Gasteiger charge is -2.41. The Bertz CT molecular complexity index is 1220. The third-order valence-corrected chi connectivity index (χ3v) is 5.93. The molecule has 1 aliphatic heterocycles. The summed E-state index contributed by atoms with van der Waals surface area (Å²) in [4.78, 5) is 40.3. The van der Waals surface area contributed by atoms with Crippen LogP contribution in [0.4, 0.5) is 4.39 Å². The quantitative estimate of drug-likeness (QED) is 0.446. The summed E-state index contributed by atoms with van der Waals surface area (Å²) in [5.41, 5.74) is -1.12. The van der Waals surface area contributed by atoms with E-state index in [2.05, 4.69) is 0 Å². The number of amides is 1. The summed E-state index contributed by atoms with van der Waals surface area (Å²) in [6.07, 6.45) is 1.09. The lowest BCUT2D eigenvalue weighted by molar-refractivity contribution is -0.158. The van der Waals surface area contributed by atoms with Crippen molar-refractivity contribution in [1.82, 2.24) is 4.90 Å². The number of ether oxygens (including phenoxy) is 1. The fourth-order valence-corrected chi connectivity index (χ4v) is 4.36. The van der Waals surface area contributed by atoms with Gasteiger partial charge in [-0.05, 0) is 49.9 Å². The van der Waals surface area contributed by atoms with Crippen LogP contribution >= 0.6 is 0 Å². The summed E-state index contributed by atoms with van der Waals surface area (Å²) in [6, 6.07) is 14.7. The van der Waals surface area contributed by atoms with E-state index in [0.717, 1.165) is 0 Å². The molecule has 1 amide bonds. The molecule has 1 atom stereocenters. The fraction of sp³-hybridized carbons (Fsp3) is 0.320. The Morgan fingerprint density at radius 2 is 1.91 bits per heavy atom. The number of nitrogens with zero attached hydrogens (tertiary/aromatic N) is 1. The number of hydrogen-bond acceptors (Lipinski definition) is 5. The number of esters is 1. The molecule has 1 fully saturated rings. The SMILES string of the molecule is CCOC(=O)[C@@]1(Cc2ccccc2F)CCCN(C(=O)c2cc3ccccc3oc2=O)C1. The molecule has 4 rings (SSSR count). The number of likely N-dealkylation sites (tertiary alicyclic amines) is 1. The van der Waals surface area contributed by atoms with Crippen LogP contribution in [0.15, 0.2) is 63.8 Å². The van der Waals surface area contributed by atoms with Gasteiger partial charge in [0, 0.05) is 18.5 Å². The topological polar surface area (TPSA) is 76.8 Å². The smallest absolute Gasteiger partial charge is 0.349 e. The molecule has 0 unspecified atom stereocenters. The van der Waals surface area contributed by atoms with E-state index in [1.165, 1.54) is 17.0 Å². The molecular weight excluding hydrogens is 413 g/mol. The zero-order chi connectivity index (χ0) is 22.7. The zero-order valence-corrected chi connectivity index (χ0v) is 17.8. The van der Waals surface area contributed by atoms with E-state index in [-0.39, 0.29) is 25.1 Å². The van der Waals surface area contributed by atoms with Gasteiger partial charge >= 0.3 is 11.6 Å². The van der Waals surface area contributed by atoms with Crippen LogP contribution in [0.25, 0.3) is 11.0 Å². The van der Waals surface area contributed by atoms with Gasteiger partial charge < -0.3 is 14.1 Å². The molecule has 0 saturated carbocycles. The first-order valence-electron chi connectivity index (χ1n) is 10.7. The second-order valence-corrected chi connectivity index (χ2v) is 8.08. The highest BCUT2D eigenvalue weighted by Gasteiger charge is 2.45. The highest BCUT2D eigenvalue weighted by molar-refractivity contribution is 5.97. The molecular formula is C25H24FNO5. The van der Waals surface area contributed by atoms with Crippen molar-refractivity contribution in [3.63, 3.8) is 0 Å². The summed E-state index contributed by atoms with van der Waals surface area (Å²) >= 11 is 0. The minimum atomic E-state index is -1.09. The molecule has 1 aliphatic rings. The van der Waals surface area contributed by atoms with E-state index in [9.17, 15) is 18.8 Å². The van der Waals surface area contributed by atoms with E-state index in [1.807, 2.05) is 0 Å². The molecule has 0 N–H and O–H groups in total. The summed E-state index contributed by atoms with van der Waals surface area (Å²) in [5, 5.41) is 0.635. The molecule has 2 heterocycles. The third kappa shape index (κ3) is 4.15. The van der Waals surface area contributed by atoms with Crippen LogP contribution in [-0.4, -0.2) is 36.5 Å². The van der Waals surface area contributed by atoms with Crippen LogP contribution < -0.4 is 5.63 Å². The van der Waals surface area contributed by atoms with E-state index in [1.54, 1.807) is 49.4 Å². The maximum atomic E-state index is 14.4. The van der Waals surface area contributed by atoms with Crippen LogP contribution in [0.3, 0.4) is 0 Å². The van der Waals surface area contributed by atoms with Crippen molar-refractivity contribution >= 4 is 22.8 Å². The van der Waals surface area contributed by atoms with Gasteiger partial charge in [-0.25, -0.2) is 9.18 Å². The van der Waals surface area contributed by atoms with Gasteiger partial charge in [0.05, 0.1) is 12.0 Å². The molecule has 6 nitrogen and oxygen atoms in total. The molecule has 1 aromatic heterocycles. The van der Waals surface area contributed by atoms with Crippen LogP contribution in [0, 0.1) is 11.2 Å². The molecule has 0 radical (unpaired) electrons. The second kappa shape index (κ2) is 8.94. The van der Waals surface area contributed by atoms with Crippen LogP contribution in [-0.2, 0) is 16.0 Å². The molecule has 1 saturated heterocycles. The van der Waals surface area contributed by atoms with Gasteiger partial charge in [0.2, 0.25) is 0 Å². The summed E-state index contributed by atoms with van der Waals surface area (Å²) in [6.45, 7) is 2.30. The van der Waals surface area contributed by atoms with E-state index in [4.69, 9.17) is 9.15 Å². The number of carbonyl (C=O) groups is 2. The Balaban J connectivity index is 1.68. The number of benzene rings is 2. The van der Waals surface area contributed by atoms with Crippen molar-refractivity contribution in [2.45, 2.75) is 26.2 Å². The third-order valence-electron chi connectivity index (χ3n) is 5.93. The highest BCUT2D eigenvalue weighted by Crippen LogP contribution is 2.36. The van der Waals surface area contributed by atoms with E-state index >= 15 is 0 Å². The van der Waals surface area contributed by atoms with Crippen molar-refractivity contribution in [2.24, 2.45) is 5.41 Å². The predicted molar refractivity (Wildman–Crippen MR) is 117 cm³/mol. The Morgan fingerprint density at radius 3 is 2.69 bits per heavy atom. The first kappa shape index (κ1) is 21.7. The largest absolute Gasteiger partial charge is 0.466 e. The van der Waals surface area contributed by atoms with E-state index < -0.39 is 28.7 Å². The van der Waals surface area contributed by atoms with Gasteiger partial charge in [0.25, 0.3) is 5.91 Å². The van der Waals surface area contributed by atoms with Gasteiger partial charge in [0.15, 0.2) is 0 Å². The number of rotatable bonds is 5. The Morgan fingerprint density at radius 1 is 1.16 bits per heavy atom. The van der Waals surface area contributed by atoms with Crippen molar-refractivity contribution in [2.75, 3.05) is 19.7 Å². The van der Waals surface area contributed by atoms with Gasteiger partial charge in [-0.3, -0.25) is 9.59 Å².